The van der Waals surface area contributed by atoms with Gasteiger partial charge in [0.15, 0.2) is 11.6 Å². The van der Waals surface area contributed by atoms with Crippen molar-refractivity contribution in [3.63, 3.8) is 0 Å². The molecular weight excluding hydrogens is 652 g/mol. The van der Waals surface area contributed by atoms with Crippen molar-refractivity contribution < 1.29 is 24.1 Å². The van der Waals surface area contributed by atoms with Crippen molar-refractivity contribution in [2.45, 2.75) is 50.9 Å². The summed E-state index contributed by atoms with van der Waals surface area (Å²) in [4.78, 5) is 19.2. The number of carbonyl (C=O) groups is 1. The van der Waals surface area contributed by atoms with Crippen molar-refractivity contribution in [3.8, 4) is 5.75 Å². The Morgan fingerprint density at radius 2 is 1.63 bits per heavy atom. The molecule has 0 radical (unpaired) electrons. The van der Waals surface area contributed by atoms with Crippen LogP contribution in [0.15, 0.2) is 86.7 Å². The van der Waals surface area contributed by atoms with Crippen molar-refractivity contribution in [1.29, 1.82) is 0 Å². The number of hydrogen-bond acceptors (Lipinski definition) is 6. The number of ether oxygens (including phenoxy) is 3. The molecular formula is C32H36Br2N2O5. The zero-order valence-corrected chi connectivity index (χ0v) is 26.5. The van der Waals surface area contributed by atoms with Gasteiger partial charge >= 0.3 is 0 Å². The number of aliphatic hydroxyl groups is 1. The van der Waals surface area contributed by atoms with Gasteiger partial charge in [-0.2, -0.15) is 0 Å². The number of benzene rings is 3. The molecule has 1 aliphatic rings. The Balaban J connectivity index is 1.70. The zero-order valence-electron chi connectivity index (χ0n) is 23.3. The summed E-state index contributed by atoms with van der Waals surface area (Å²) in [5.41, 5.74) is 1.32. The summed E-state index contributed by atoms with van der Waals surface area (Å²) < 4.78 is 19.8. The highest BCUT2D eigenvalue weighted by Gasteiger charge is 2.53. The fourth-order valence-electron chi connectivity index (χ4n) is 4.58. The van der Waals surface area contributed by atoms with E-state index in [9.17, 15) is 4.79 Å². The lowest BCUT2D eigenvalue weighted by molar-refractivity contribution is -0.129. The molecule has 1 aliphatic heterocycles. The molecule has 0 spiro atoms. The summed E-state index contributed by atoms with van der Waals surface area (Å²) in [6, 6.07) is 23.2. The van der Waals surface area contributed by atoms with Crippen LogP contribution in [0.2, 0.25) is 0 Å². The van der Waals surface area contributed by atoms with Gasteiger partial charge in [-0.15, -0.1) is 0 Å². The minimum atomic E-state index is -1.24. The lowest BCUT2D eigenvalue weighted by Gasteiger charge is -2.31. The molecule has 0 bridgehead atoms. The fourth-order valence-corrected chi connectivity index (χ4v) is 5.11. The number of hydrogen-bond donors (Lipinski definition) is 2. The molecule has 0 unspecified atom stereocenters. The highest BCUT2D eigenvalue weighted by Crippen LogP contribution is 2.43. The summed E-state index contributed by atoms with van der Waals surface area (Å²) in [5.74, 6) is 0.889. The Labute approximate surface area is 258 Å². The number of rotatable bonds is 14. The first-order chi connectivity index (χ1) is 19.8. The molecule has 1 amide bonds. The molecule has 41 heavy (non-hydrogen) atoms. The maximum absolute atomic E-state index is 14.2. The van der Waals surface area contributed by atoms with Crippen LogP contribution in [0.5, 0.6) is 5.75 Å². The number of aliphatic hydroxyl groups excluding tert-OH is 1. The third-order valence-electron chi connectivity index (χ3n) is 6.65. The third-order valence-corrected chi connectivity index (χ3v) is 7.70. The molecule has 0 aromatic heterocycles. The predicted octanol–water partition coefficient (Wildman–Crippen LogP) is 6.40. The van der Waals surface area contributed by atoms with Gasteiger partial charge in [-0.25, -0.2) is 4.99 Å². The van der Waals surface area contributed by atoms with Crippen LogP contribution < -0.4 is 10.1 Å². The topological polar surface area (TPSA) is 89.4 Å². The summed E-state index contributed by atoms with van der Waals surface area (Å²) >= 11 is 7.03. The standard InChI is InChI=1S/C32H36Br2N2O5/c1-22(2)39-19-3-17-35-31(38)32(21-23-5-11-26(33)12-6-23)29(24-7-13-27(34)14-8-24)41-30(36-32)25-9-15-28(16-10-25)40-20-4-18-37/h5-16,22,29,37H,3-4,17-21H2,1-2H3,(H,35,38)/t29-,32-/m1/s1. The highest BCUT2D eigenvalue weighted by molar-refractivity contribution is 9.10. The van der Waals surface area contributed by atoms with Gasteiger partial charge in [-0.1, -0.05) is 56.1 Å². The zero-order chi connectivity index (χ0) is 29.2. The van der Waals surface area contributed by atoms with Crippen LogP contribution in [0, 0.1) is 0 Å². The molecule has 4 rings (SSSR count). The maximum Gasteiger partial charge on any atom is 0.252 e. The van der Waals surface area contributed by atoms with Crippen LogP contribution in [0.4, 0.5) is 0 Å². The monoisotopic (exact) mass is 686 g/mol. The fraction of sp³-hybridized carbons (Fsp3) is 0.375. The van der Waals surface area contributed by atoms with Crippen LogP contribution in [0.1, 0.15) is 49.5 Å². The quantitative estimate of drug-likeness (QED) is 0.192. The van der Waals surface area contributed by atoms with E-state index >= 15 is 0 Å². The molecule has 7 nitrogen and oxygen atoms in total. The van der Waals surface area contributed by atoms with Crippen LogP contribution in [0.3, 0.4) is 0 Å². The minimum Gasteiger partial charge on any atom is -0.494 e. The third kappa shape index (κ3) is 8.41. The number of carbonyl (C=O) groups excluding carboxylic acids is 1. The molecule has 218 valence electrons. The summed E-state index contributed by atoms with van der Waals surface area (Å²) in [7, 11) is 0. The average Bonchev–Trinajstić information content (AvgIpc) is 3.35. The van der Waals surface area contributed by atoms with E-state index in [-0.39, 0.29) is 18.6 Å². The highest BCUT2D eigenvalue weighted by atomic mass is 79.9. The number of halogens is 2. The van der Waals surface area contributed by atoms with Crippen molar-refractivity contribution in [2.75, 3.05) is 26.4 Å². The molecule has 2 atom stereocenters. The molecule has 0 fully saturated rings. The first-order valence-electron chi connectivity index (χ1n) is 13.8. The maximum atomic E-state index is 14.2. The summed E-state index contributed by atoms with van der Waals surface area (Å²) in [5, 5.41) is 12.2. The summed E-state index contributed by atoms with van der Waals surface area (Å²) in [6.07, 6.45) is 1.08. The average molecular weight is 688 g/mol. The van der Waals surface area contributed by atoms with Crippen LogP contribution in [-0.4, -0.2) is 54.9 Å². The van der Waals surface area contributed by atoms with Gasteiger partial charge in [0, 0.05) is 47.1 Å². The first kappa shape index (κ1) is 31.2. The largest absolute Gasteiger partial charge is 0.494 e. The Morgan fingerprint density at radius 3 is 2.27 bits per heavy atom. The second-order valence-electron chi connectivity index (χ2n) is 10.2. The minimum absolute atomic E-state index is 0.0768. The molecule has 1 heterocycles. The van der Waals surface area contributed by atoms with Crippen LogP contribution in [-0.2, 0) is 20.7 Å². The van der Waals surface area contributed by atoms with Gasteiger partial charge in [0.1, 0.15) is 5.75 Å². The van der Waals surface area contributed by atoms with Gasteiger partial charge in [0.05, 0.1) is 12.7 Å². The van der Waals surface area contributed by atoms with E-state index in [0.29, 0.717) is 50.7 Å². The van der Waals surface area contributed by atoms with Crippen LogP contribution in [0.25, 0.3) is 0 Å². The van der Waals surface area contributed by atoms with E-state index < -0.39 is 11.6 Å². The Hall–Kier alpha value is -2.72. The normalized spacial score (nSPS) is 18.2. The number of aliphatic imine (C=N–C) groups is 1. The summed E-state index contributed by atoms with van der Waals surface area (Å²) in [6.45, 7) is 5.52. The van der Waals surface area contributed by atoms with Gasteiger partial charge in [0.2, 0.25) is 5.90 Å². The Kier molecular flexibility index (Phi) is 11.4. The van der Waals surface area contributed by atoms with E-state index in [2.05, 4.69) is 37.2 Å². The smallest absolute Gasteiger partial charge is 0.252 e. The number of amides is 1. The Morgan fingerprint density at radius 1 is 0.976 bits per heavy atom. The van der Waals surface area contributed by atoms with Gasteiger partial charge in [-0.05, 0) is 79.9 Å². The first-order valence-corrected chi connectivity index (χ1v) is 15.4. The van der Waals surface area contributed by atoms with Crippen molar-refractivity contribution in [1.82, 2.24) is 5.32 Å². The van der Waals surface area contributed by atoms with E-state index in [4.69, 9.17) is 24.3 Å². The van der Waals surface area contributed by atoms with Crippen molar-refractivity contribution in [2.24, 2.45) is 4.99 Å². The lowest BCUT2D eigenvalue weighted by Crippen LogP contribution is -2.50. The van der Waals surface area contributed by atoms with E-state index in [0.717, 1.165) is 25.6 Å². The molecule has 3 aromatic carbocycles. The van der Waals surface area contributed by atoms with Crippen LogP contribution >= 0.6 is 31.9 Å². The SMILES string of the molecule is CC(C)OCCCNC(=O)[C@]1(Cc2ccc(Br)cc2)N=C(c2ccc(OCCCO)cc2)O[C@@H]1c1ccc(Br)cc1. The second kappa shape index (κ2) is 15.0. The molecule has 0 saturated heterocycles. The molecule has 0 aliphatic carbocycles. The Bertz CT molecular complexity index is 1300. The van der Waals surface area contributed by atoms with E-state index in [1.807, 2.05) is 86.6 Å². The van der Waals surface area contributed by atoms with Gasteiger partial charge in [0.25, 0.3) is 5.91 Å². The van der Waals surface area contributed by atoms with Gasteiger partial charge < -0.3 is 24.6 Å². The van der Waals surface area contributed by atoms with E-state index in [1.54, 1.807) is 0 Å². The molecule has 0 saturated carbocycles. The van der Waals surface area contributed by atoms with Crippen molar-refractivity contribution >= 4 is 43.7 Å². The van der Waals surface area contributed by atoms with E-state index in [1.165, 1.54) is 0 Å². The molecule has 2 N–H and O–H groups in total. The number of nitrogens with zero attached hydrogens (tertiary/aromatic N) is 1. The predicted molar refractivity (Wildman–Crippen MR) is 167 cm³/mol. The number of nitrogens with one attached hydrogen (secondary N) is 1. The second-order valence-corrected chi connectivity index (χ2v) is 12.0. The van der Waals surface area contributed by atoms with Crippen molar-refractivity contribution in [3.05, 3.63) is 98.4 Å². The molecule has 3 aromatic rings. The molecule has 9 heteroatoms. The lowest BCUT2D eigenvalue weighted by atomic mass is 9.82. The van der Waals surface area contributed by atoms with Gasteiger partial charge in [-0.3, -0.25) is 4.79 Å².